The second-order valence-electron chi connectivity index (χ2n) is 3.79. The van der Waals surface area contributed by atoms with Gasteiger partial charge in [-0.2, -0.15) is 0 Å². The third-order valence-electron chi connectivity index (χ3n) is 2.57. The third kappa shape index (κ3) is 3.69. The molecule has 2 rings (SSSR count). The summed E-state index contributed by atoms with van der Waals surface area (Å²) >= 11 is 1.78. The summed E-state index contributed by atoms with van der Waals surface area (Å²) in [6.07, 6.45) is 1.66. The molecule has 2 aliphatic heterocycles. The van der Waals surface area contributed by atoms with Crippen LogP contribution in [0.1, 0.15) is 6.42 Å². The highest BCUT2D eigenvalue weighted by molar-refractivity contribution is 8.02. The molecule has 0 aliphatic carbocycles. The Balaban J connectivity index is 1.78. The molecule has 2 saturated heterocycles. The predicted octanol–water partition coefficient (Wildman–Crippen LogP) is 0.978. The van der Waals surface area contributed by atoms with Crippen LogP contribution in [0.15, 0.2) is 0 Å². The van der Waals surface area contributed by atoms with Gasteiger partial charge in [-0.05, 0) is 5.15 Å². The van der Waals surface area contributed by atoms with E-state index in [0.29, 0.717) is 5.15 Å². The lowest BCUT2D eigenvalue weighted by molar-refractivity contribution is -0.0140. The van der Waals surface area contributed by atoms with Gasteiger partial charge in [0, 0.05) is 18.1 Å². The zero-order valence-electron chi connectivity index (χ0n) is 8.94. The number of hydrogen-bond acceptors (Lipinski definition) is 5. The van der Waals surface area contributed by atoms with Crippen LogP contribution in [0.5, 0.6) is 0 Å². The molecule has 0 saturated carbocycles. The molecular weight excluding hydrogens is 250 g/mol. The van der Waals surface area contributed by atoms with Crippen molar-refractivity contribution < 1.29 is 23.5 Å². The highest BCUT2D eigenvalue weighted by Gasteiger charge is 2.40. The molecule has 5 nitrogen and oxygen atoms in total. The zero-order chi connectivity index (χ0) is 11.5. The Bertz CT molecular complexity index is 265. The molecule has 0 aromatic heterocycles. The molecule has 1 N–H and O–H groups in total. The molecular formula is C8H14BO5PS+. The number of rotatable bonds is 6. The summed E-state index contributed by atoms with van der Waals surface area (Å²) in [6.45, 7) is 0.107. The summed E-state index contributed by atoms with van der Waals surface area (Å²) in [6, 6.07) is 0. The Morgan fingerprint density at radius 2 is 2.44 bits per heavy atom. The van der Waals surface area contributed by atoms with Crippen molar-refractivity contribution in [3.05, 3.63) is 0 Å². The molecule has 0 aromatic carbocycles. The molecule has 8 heteroatoms. The van der Waals surface area contributed by atoms with E-state index in [1.54, 1.807) is 18.9 Å². The van der Waals surface area contributed by atoms with E-state index < -0.39 is 8.25 Å². The van der Waals surface area contributed by atoms with Gasteiger partial charge >= 0.3 is 8.25 Å². The first-order chi connectivity index (χ1) is 7.69. The molecule has 0 bridgehead atoms. The molecule has 0 amide bonds. The van der Waals surface area contributed by atoms with Gasteiger partial charge in [-0.3, -0.25) is 0 Å². The SMILES string of the molecule is COC1CC(SC2[B]C2)OC1CO[P+](=O)O. The van der Waals surface area contributed by atoms with Gasteiger partial charge in [-0.1, -0.05) is 6.32 Å². The van der Waals surface area contributed by atoms with Crippen LogP contribution in [0.2, 0.25) is 6.32 Å². The molecule has 2 heterocycles. The largest absolute Gasteiger partial charge is 0.694 e. The van der Waals surface area contributed by atoms with Crippen LogP contribution in [0.25, 0.3) is 0 Å². The molecule has 5 unspecified atom stereocenters. The van der Waals surface area contributed by atoms with Crippen LogP contribution in [0.3, 0.4) is 0 Å². The van der Waals surface area contributed by atoms with Gasteiger partial charge in [0.15, 0.2) is 0 Å². The van der Waals surface area contributed by atoms with Crippen molar-refractivity contribution in [2.45, 2.75) is 35.5 Å². The maximum absolute atomic E-state index is 10.4. The first-order valence-corrected chi connectivity index (χ1v) is 7.22. The number of hydrogen-bond donors (Lipinski definition) is 1. The predicted molar refractivity (Wildman–Crippen MR) is 61.8 cm³/mol. The van der Waals surface area contributed by atoms with Gasteiger partial charge < -0.3 is 9.47 Å². The van der Waals surface area contributed by atoms with Crippen molar-refractivity contribution >= 4 is 27.3 Å². The van der Waals surface area contributed by atoms with E-state index in [2.05, 4.69) is 11.8 Å². The van der Waals surface area contributed by atoms with Crippen LogP contribution in [-0.4, -0.2) is 48.7 Å². The fraction of sp³-hybridized carbons (Fsp3) is 1.00. The molecule has 16 heavy (non-hydrogen) atoms. The number of thioether (sulfide) groups is 1. The van der Waals surface area contributed by atoms with E-state index in [0.717, 1.165) is 12.7 Å². The first kappa shape index (κ1) is 12.8. The highest BCUT2D eigenvalue weighted by Crippen LogP contribution is 2.38. The van der Waals surface area contributed by atoms with Crippen LogP contribution < -0.4 is 0 Å². The lowest BCUT2D eigenvalue weighted by Gasteiger charge is -2.13. The van der Waals surface area contributed by atoms with Gasteiger partial charge in [0.05, 0.1) is 6.10 Å². The van der Waals surface area contributed by atoms with Crippen molar-refractivity contribution in [1.29, 1.82) is 0 Å². The monoisotopic (exact) mass is 264 g/mol. The maximum Gasteiger partial charge on any atom is 0.694 e. The zero-order valence-corrected chi connectivity index (χ0v) is 10.7. The molecule has 0 spiro atoms. The second kappa shape index (κ2) is 5.80. The van der Waals surface area contributed by atoms with E-state index in [-0.39, 0.29) is 24.3 Å². The summed E-state index contributed by atoms with van der Waals surface area (Å²) < 4.78 is 26.1. The summed E-state index contributed by atoms with van der Waals surface area (Å²) in [5.41, 5.74) is 0.110. The molecule has 2 fully saturated rings. The van der Waals surface area contributed by atoms with Crippen LogP contribution in [0, 0.1) is 0 Å². The smallest absolute Gasteiger partial charge is 0.379 e. The van der Waals surface area contributed by atoms with Gasteiger partial charge in [-0.15, -0.1) is 21.2 Å². The van der Waals surface area contributed by atoms with E-state index in [1.165, 1.54) is 0 Å². The van der Waals surface area contributed by atoms with E-state index >= 15 is 0 Å². The summed E-state index contributed by atoms with van der Waals surface area (Å²) in [4.78, 5) is 8.57. The minimum atomic E-state index is -2.56. The Hall–Kier alpha value is 0.355. The molecule has 89 valence electrons. The van der Waals surface area contributed by atoms with Gasteiger partial charge in [-0.25, -0.2) is 0 Å². The molecule has 2 aliphatic rings. The highest BCUT2D eigenvalue weighted by atomic mass is 32.2. The summed E-state index contributed by atoms with van der Waals surface area (Å²) in [5.74, 6) is 0. The quantitative estimate of drug-likeness (QED) is 0.569. The van der Waals surface area contributed by atoms with Gasteiger partial charge in [0.1, 0.15) is 25.4 Å². The van der Waals surface area contributed by atoms with Crippen LogP contribution in [-0.2, 0) is 18.6 Å². The lowest BCUT2D eigenvalue weighted by atomic mass is 10.1. The van der Waals surface area contributed by atoms with Crippen molar-refractivity contribution in [3.63, 3.8) is 0 Å². The van der Waals surface area contributed by atoms with Crippen molar-refractivity contribution in [1.82, 2.24) is 0 Å². The normalized spacial score (nSPS) is 38.2. The average molecular weight is 264 g/mol. The molecule has 1 radical (unpaired) electrons. The van der Waals surface area contributed by atoms with Crippen LogP contribution >= 0.6 is 20.0 Å². The lowest BCUT2D eigenvalue weighted by Crippen LogP contribution is -2.27. The summed E-state index contributed by atoms with van der Waals surface area (Å²) in [7, 11) is 1.29. The molecule has 5 atom stereocenters. The third-order valence-corrected chi connectivity index (χ3v) is 4.28. The van der Waals surface area contributed by atoms with Gasteiger partial charge in [0.25, 0.3) is 0 Å². The standard InChI is InChI=1S/C8H13BO5PS/c1-12-5-2-8(16-7-3-9-7)14-6(5)4-13-15(10)11/h5-8H,2-4H2,1H3/p+1. The minimum Gasteiger partial charge on any atom is -0.379 e. The second-order valence-corrected chi connectivity index (χ2v) is 5.93. The first-order valence-electron chi connectivity index (χ1n) is 5.15. The van der Waals surface area contributed by atoms with Crippen molar-refractivity contribution in [2.75, 3.05) is 13.7 Å². The Morgan fingerprint density at radius 3 is 3.00 bits per heavy atom. The topological polar surface area (TPSA) is 65.0 Å². The number of ether oxygens (including phenoxy) is 2. The van der Waals surface area contributed by atoms with E-state index in [1.807, 2.05) is 0 Å². The van der Waals surface area contributed by atoms with Crippen molar-refractivity contribution in [3.8, 4) is 0 Å². The van der Waals surface area contributed by atoms with Crippen molar-refractivity contribution in [2.24, 2.45) is 0 Å². The molecule has 0 aromatic rings. The Labute approximate surface area is 100 Å². The Kier molecular flexibility index (Phi) is 4.64. The number of methoxy groups -OCH3 is 1. The Morgan fingerprint density at radius 1 is 1.69 bits per heavy atom. The van der Waals surface area contributed by atoms with E-state index in [4.69, 9.17) is 14.4 Å². The minimum absolute atomic E-state index is 0.0498. The average Bonchev–Trinajstić information content (AvgIpc) is 2.95. The fourth-order valence-corrected chi connectivity index (χ4v) is 3.17. The maximum atomic E-state index is 10.4. The van der Waals surface area contributed by atoms with Gasteiger partial charge in [0.2, 0.25) is 0 Å². The van der Waals surface area contributed by atoms with Crippen LogP contribution in [0.4, 0.5) is 0 Å². The van der Waals surface area contributed by atoms with E-state index in [9.17, 15) is 4.57 Å². The summed E-state index contributed by atoms with van der Waals surface area (Å²) in [5, 5.41) is 0.608. The fourth-order valence-electron chi connectivity index (χ4n) is 1.66.